The highest BCUT2D eigenvalue weighted by atomic mass is 16.5. The van der Waals surface area contributed by atoms with E-state index in [-0.39, 0.29) is 11.5 Å². The SMILES string of the molecule is COC(=O)c1ccc(-c2ccn3ncc(-c4ccc(C#N)cc4)c3n2)cc1NC(C)=O. The summed E-state index contributed by atoms with van der Waals surface area (Å²) < 4.78 is 6.46. The van der Waals surface area contributed by atoms with Crippen LogP contribution in [0, 0.1) is 11.3 Å². The molecular weight excluding hydrogens is 394 g/mol. The molecule has 0 bridgehead atoms. The van der Waals surface area contributed by atoms with E-state index in [1.807, 2.05) is 12.1 Å². The monoisotopic (exact) mass is 411 g/mol. The van der Waals surface area contributed by atoms with Gasteiger partial charge < -0.3 is 10.1 Å². The lowest BCUT2D eigenvalue weighted by Crippen LogP contribution is -2.12. The van der Waals surface area contributed by atoms with E-state index in [9.17, 15) is 9.59 Å². The molecule has 1 amide bonds. The van der Waals surface area contributed by atoms with Gasteiger partial charge in [0.05, 0.1) is 41.9 Å². The van der Waals surface area contributed by atoms with Crippen LogP contribution in [-0.4, -0.2) is 33.6 Å². The molecule has 0 unspecified atom stereocenters. The highest BCUT2D eigenvalue weighted by Gasteiger charge is 2.16. The number of carbonyl (C=O) groups excluding carboxylic acids is 2. The molecule has 0 aliphatic carbocycles. The van der Waals surface area contributed by atoms with Gasteiger partial charge in [0, 0.05) is 24.2 Å². The zero-order valence-electron chi connectivity index (χ0n) is 16.8. The number of ether oxygens (including phenoxy) is 1. The van der Waals surface area contributed by atoms with Gasteiger partial charge in [0.15, 0.2) is 5.65 Å². The van der Waals surface area contributed by atoms with Crippen LogP contribution in [0.5, 0.6) is 0 Å². The first-order valence-corrected chi connectivity index (χ1v) is 9.35. The molecule has 0 fully saturated rings. The Morgan fingerprint density at radius 1 is 1.10 bits per heavy atom. The van der Waals surface area contributed by atoms with Crippen LogP contribution in [0.4, 0.5) is 5.69 Å². The topological polar surface area (TPSA) is 109 Å². The third-order valence-corrected chi connectivity index (χ3v) is 4.73. The van der Waals surface area contributed by atoms with E-state index >= 15 is 0 Å². The number of methoxy groups -OCH3 is 1. The minimum absolute atomic E-state index is 0.255. The normalized spacial score (nSPS) is 10.5. The average molecular weight is 411 g/mol. The van der Waals surface area contributed by atoms with E-state index in [0.29, 0.717) is 28.2 Å². The first kappa shape index (κ1) is 19.8. The van der Waals surface area contributed by atoms with Crippen LogP contribution in [0.1, 0.15) is 22.8 Å². The Hall–Kier alpha value is -4.51. The molecule has 4 aromatic rings. The van der Waals surface area contributed by atoms with Crippen molar-refractivity contribution in [3.8, 4) is 28.5 Å². The Balaban J connectivity index is 1.80. The number of benzene rings is 2. The molecule has 2 aromatic heterocycles. The number of esters is 1. The minimum atomic E-state index is -0.544. The predicted octanol–water partition coefficient (Wildman–Crippen LogP) is 3.68. The number of aromatic nitrogens is 3. The van der Waals surface area contributed by atoms with E-state index in [1.54, 1.807) is 53.3 Å². The summed E-state index contributed by atoms with van der Waals surface area (Å²) in [5, 5.41) is 16.0. The molecule has 0 saturated carbocycles. The summed E-state index contributed by atoms with van der Waals surface area (Å²) in [5.74, 6) is -0.845. The number of amides is 1. The fourth-order valence-corrected chi connectivity index (χ4v) is 3.24. The van der Waals surface area contributed by atoms with Crippen molar-refractivity contribution in [2.24, 2.45) is 0 Å². The van der Waals surface area contributed by atoms with E-state index in [2.05, 4.69) is 16.5 Å². The molecule has 0 aliphatic rings. The molecule has 2 heterocycles. The molecule has 8 heteroatoms. The van der Waals surface area contributed by atoms with Gasteiger partial charge in [-0.3, -0.25) is 4.79 Å². The van der Waals surface area contributed by atoms with Gasteiger partial charge in [-0.2, -0.15) is 10.4 Å². The molecule has 0 saturated heterocycles. The highest BCUT2D eigenvalue weighted by molar-refractivity contribution is 6.01. The van der Waals surface area contributed by atoms with Crippen molar-refractivity contribution in [2.75, 3.05) is 12.4 Å². The van der Waals surface area contributed by atoms with Crippen molar-refractivity contribution in [1.82, 2.24) is 14.6 Å². The molecule has 1 N–H and O–H groups in total. The lowest BCUT2D eigenvalue weighted by atomic mass is 10.1. The molecule has 0 atom stereocenters. The summed E-state index contributed by atoms with van der Waals surface area (Å²) in [6.07, 6.45) is 3.51. The lowest BCUT2D eigenvalue weighted by Gasteiger charge is -2.11. The Bertz CT molecular complexity index is 1350. The van der Waals surface area contributed by atoms with Gasteiger partial charge >= 0.3 is 5.97 Å². The smallest absolute Gasteiger partial charge is 0.339 e. The number of rotatable bonds is 4. The van der Waals surface area contributed by atoms with Crippen LogP contribution >= 0.6 is 0 Å². The molecular formula is C23H17N5O3. The Labute approximate surface area is 177 Å². The third-order valence-electron chi connectivity index (χ3n) is 4.73. The molecule has 4 rings (SSSR count). The van der Waals surface area contributed by atoms with Crippen molar-refractivity contribution in [3.05, 3.63) is 72.1 Å². The molecule has 2 aromatic carbocycles. The summed E-state index contributed by atoms with van der Waals surface area (Å²) in [5.41, 5.74) is 4.88. The van der Waals surface area contributed by atoms with E-state index in [4.69, 9.17) is 15.0 Å². The number of fused-ring (bicyclic) bond motifs is 1. The number of nitrogens with one attached hydrogen (secondary N) is 1. The predicted molar refractivity (Wildman–Crippen MR) is 114 cm³/mol. The summed E-state index contributed by atoms with van der Waals surface area (Å²) in [6, 6.07) is 16.1. The maximum atomic E-state index is 12.0. The number of hydrogen-bond acceptors (Lipinski definition) is 6. The van der Waals surface area contributed by atoms with Crippen LogP contribution in [0.25, 0.3) is 28.0 Å². The molecule has 0 aliphatic heterocycles. The summed E-state index contributed by atoms with van der Waals surface area (Å²) >= 11 is 0. The second-order valence-corrected chi connectivity index (χ2v) is 6.76. The van der Waals surface area contributed by atoms with Crippen molar-refractivity contribution in [3.63, 3.8) is 0 Å². The van der Waals surface area contributed by atoms with Gasteiger partial charge in [-0.25, -0.2) is 14.3 Å². The number of anilines is 1. The Morgan fingerprint density at radius 3 is 2.52 bits per heavy atom. The van der Waals surface area contributed by atoms with Gasteiger partial charge in [0.2, 0.25) is 5.91 Å². The molecule has 0 radical (unpaired) electrons. The quantitative estimate of drug-likeness (QED) is 0.513. The largest absolute Gasteiger partial charge is 0.465 e. The van der Waals surface area contributed by atoms with Gasteiger partial charge in [0.25, 0.3) is 0 Å². The van der Waals surface area contributed by atoms with Crippen molar-refractivity contribution in [1.29, 1.82) is 5.26 Å². The van der Waals surface area contributed by atoms with E-state index in [0.717, 1.165) is 11.1 Å². The summed E-state index contributed by atoms with van der Waals surface area (Å²) in [4.78, 5) is 28.4. The number of carbonyl (C=O) groups is 2. The number of nitriles is 1. The van der Waals surface area contributed by atoms with Gasteiger partial charge in [-0.15, -0.1) is 0 Å². The fraction of sp³-hybridized carbons (Fsp3) is 0.0870. The second kappa shape index (κ2) is 8.08. The van der Waals surface area contributed by atoms with E-state index in [1.165, 1.54) is 14.0 Å². The van der Waals surface area contributed by atoms with E-state index < -0.39 is 5.97 Å². The number of nitrogens with zero attached hydrogens (tertiary/aromatic N) is 4. The maximum absolute atomic E-state index is 12.0. The highest BCUT2D eigenvalue weighted by Crippen LogP contribution is 2.28. The van der Waals surface area contributed by atoms with Crippen molar-refractivity contribution < 1.29 is 14.3 Å². The Kier molecular flexibility index (Phi) is 5.16. The van der Waals surface area contributed by atoms with Crippen LogP contribution in [-0.2, 0) is 9.53 Å². The van der Waals surface area contributed by atoms with Gasteiger partial charge in [-0.1, -0.05) is 18.2 Å². The van der Waals surface area contributed by atoms with Crippen LogP contribution in [0.3, 0.4) is 0 Å². The molecule has 152 valence electrons. The standard InChI is InChI=1S/C23H17N5O3/c1-14(29)26-21-11-17(7-8-18(21)23(30)31-2)20-9-10-28-22(27-20)19(13-25-28)16-5-3-15(12-24)4-6-16/h3-11,13H,1-2H3,(H,26,29). The van der Waals surface area contributed by atoms with Gasteiger partial charge in [0.1, 0.15) is 0 Å². The third kappa shape index (κ3) is 3.84. The summed E-state index contributed by atoms with van der Waals surface area (Å²) in [7, 11) is 1.29. The minimum Gasteiger partial charge on any atom is -0.465 e. The van der Waals surface area contributed by atoms with Crippen LogP contribution in [0.2, 0.25) is 0 Å². The van der Waals surface area contributed by atoms with Crippen LogP contribution in [0.15, 0.2) is 60.9 Å². The fourth-order valence-electron chi connectivity index (χ4n) is 3.24. The zero-order valence-corrected chi connectivity index (χ0v) is 16.8. The van der Waals surface area contributed by atoms with Crippen LogP contribution < -0.4 is 5.32 Å². The first-order chi connectivity index (χ1) is 15.0. The first-order valence-electron chi connectivity index (χ1n) is 9.35. The van der Waals surface area contributed by atoms with Gasteiger partial charge in [-0.05, 0) is 35.9 Å². The number of hydrogen-bond donors (Lipinski definition) is 1. The van der Waals surface area contributed by atoms with Crippen molar-refractivity contribution >= 4 is 23.2 Å². The maximum Gasteiger partial charge on any atom is 0.339 e. The molecule has 0 spiro atoms. The average Bonchev–Trinajstić information content (AvgIpc) is 3.21. The lowest BCUT2D eigenvalue weighted by molar-refractivity contribution is -0.114. The van der Waals surface area contributed by atoms with Crippen molar-refractivity contribution in [2.45, 2.75) is 6.92 Å². The Morgan fingerprint density at radius 2 is 1.84 bits per heavy atom. The second-order valence-electron chi connectivity index (χ2n) is 6.76. The molecule has 8 nitrogen and oxygen atoms in total. The summed E-state index contributed by atoms with van der Waals surface area (Å²) in [6.45, 7) is 1.37. The molecule has 31 heavy (non-hydrogen) atoms. The zero-order chi connectivity index (χ0) is 22.0.